The lowest BCUT2D eigenvalue weighted by molar-refractivity contribution is 0.590. The first-order chi connectivity index (χ1) is 11.0. The zero-order valence-corrected chi connectivity index (χ0v) is 13.7. The van der Waals surface area contributed by atoms with Gasteiger partial charge in [0.2, 0.25) is 5.95 Å². The Labute approximate surface area is 135 Å². The number of benzene rings is 1. The van der Waals surface area contributed by atoms with Crippen LogP contribution in [0.2, 0.25) is 0 Å². The van der Waals surface area contributed by atoms with E-state index in [0.717, 1.165) is 31.6 Å². The van der Waals surface area contributed by atoms with Gasteiger partial charge in [-0.05, 0) is 31.9 Å². The molecule has 0 aliphatic carbocycles. The zero-order valence-electron chi connectivity index (χ0n) is 13.7. The van der Waals surface area contributed by atoms with Crippen LogP contribution in [-0.2, 0) is 0 Å². The van der Waals surface area contributed by atoms with E-state index in [1.54, 1.807) is 6.07 Å². The molecule has 0 atom stereocenters. The topological polar surface area (TPSA) is 41.1 Å². The van der Waals surface area contributed by atoms with Gasteiger partial charge in [-0.1, -0.05) is 19.9 Å². The molecule has 0 spiro atoms. The number of rotatable bonds is 7. The highest BCUT2D eigenvalue weighted by Crippen LogP contribution is 2.23. The molecule has 0 bridgehead atoms. The molecule has 0 saturated heterocycles. The Morgan fingerprint density at radius 2 is 1.65 bits per heavy atom. The standard InChI is InChI=1S/C17H22F2N4/c1-4-9-23(10-5-2)17-20-12(3)11-15(22-17)21-16-13(18)7-6-8-14(16)19/h6-8,11H,4-5,9-10H2,1-3H3,(H,20,21,22). The number of aromatic nitrogens is 2. The fourth-order valence-electron chi connectivity index (χ4n) is 2.36. The molecule has 1 N–H and O–H groups in total. The predicted octanol–water partition coefficient (Wildman–Crippen LogP) is 4.43. The van der Waals surface area contributed by atoms with Gasteiger partial charge in [0.05, 0.1) is 0 Å². The van der Waals surface area contributed by atoms with Crippen LogP contribution in [0.4, 0.5) is 26.2 Å². The minimum absolute atomic E-state index is 0.200. The Bertz CT molecular complexity index is 635. The van der Waals surface area contributed by atoms with Crippen molar-refractivity contribution in [2.24, 2.45) is 0 Å². The number of halogens is 2. The Morgan fingerprint density at radius 3 is 2.22 bits per heavy atom. The van der Waals surface area contributed by atoms with Crippen LogP contribution in [0, 0.1) is 18.6 Å². The largest absolute Gasteiger partial charge is 0.341 e. The summed E-state index contributed by atoms with van der Waals surface area (Å²) in [4.78, 5) is 10.9. The van der Waals surface area contributed by atoms with Crippen molar-refractivity contribution in [2.75, 3.05) is 23.3 Å². The maximum atomic E-state index is 13.8. The summed E-state index contributed by atoms with van der Waals surface area (Å²) in [7, 11) is 0. The van der Waals surface area contributed by atoms with Gasteiger partial charge in [-0.3, -0.25) is 0 Å². The van der Waals surface area contributed by atoms with Gasteiger partial charge in [-0.15, -0.1) is 0 Å². The van der Waals surface area contributed by atoms with Crippen molar-refractivity contribution in [1.82, 2.24) is 9.97 Å². The van der Waals surface area contributed by atoms with Crippen LogP contribution in [-0.4, -0.2) is 23.1 Å². The normalized spacial score (nSPS) is 10.7. The zero-order chi connectivity index (χ0) is 16.8. The highest BCUT2D eigenvalue weighted by atomic mass is 19.1. The van der Waals surface area contributed by atoms with Gasteiger partial charge in [-0.2, -0.15) is 4.98 Å². The lowest BCUT2D eigenvalue weighted by Gasteiger charge is -2.22. The summed E-state index contributed by atoms with van der Waals surface area (Å²) in [6.07, 6.45) is 1.95. The van der Waals surface area contributed by atoms with E-state index in [-0.39, 0.29) is 5.69 Å². The van der Waals surface area contributed by atoms with Gasteiger partial charge in [0, 0.05) is 24.8 Å². The summed E-state index contributed by atoms with van der Waals surface area (Å²) in [5.74, 6) is -0.342. The van der Waals surface area contributed by atoms with Crippen LogP contribution in [0.3, 0.4) is 0 Å². The first-order valence-electron chi connectivity index (χ1n) is 7.86. The summed E-state index contributed by atoms with van der Waals surface area (Å²) in [6, 6.07) is 5.42. The smallest absolute Gasteiger partial charge is 0.227 e. The SMILES string of the molecule is CCCN(CCC)c1nc(C)cc(Nc2c(F)cccc2F)n1. The summed E-state index contributed by atoms with van der Waals surface area (Å²) in [5, 5.41) is 2.73. The molecule has 0 aliphatic heterocycles. The van der Waals surface area contributed by atoms with E-state index in [4.69, 9.17) is 0 Å². The van der Waals surface area contributed by atoms with Gasteiger partial charge in [-0.25, -0.2) is 13.8 Å². The van der Waals surface area contributed by atoms with Crippen molar-refractivity contribution in [3.63, 3.8) is 0 Å². The fraction of sp³-hybridized carbons (Fsp3) is 0.412. The maximum absolute atomic E-state index is 13.8. The van der Waals surface area contributed by atoms with Crippen LogP contribution in [0.5, 0.6) is 0 Å². The van der Waals surface area contributed by atoms with Crippen molar-refractivity contribution in [3.8, 4) is 0 Å². The van der Waals surface area contributed by atoms with Crippen LogP contribution < -0.4 is 10.2 Å². The summed E-state index contributed by atoms with van der Waals surface area (Å²) in [5.41, 5.74) is 0.542. The number of hydrogen-bond donors (Lipinski definition) is 1. The molecule has 4 nitrogen and oxygen atoms in total. The Balaban J connectivity index is 2.33. The minimum atomic E-state index is -0.651. The number of nitrogens with one attached hydrogen (secondary N) is 1. The second-order valence-corrected chi connectivity index (χ2v) is 5.40. The minimum Gasteiger partial charge on any atom is -0.341 e. The lowest BCUT2D eigenvalue weighted by Crippen LogP contribution is -2.27. The number of nitrogens with zero attached hydrogens (tertiary/aromatic N) is 3. The van der Waals surface area contributed by atoms with E-state index >= 15 is 0 Å². The van der Waals surface area contributed by atoms with Crippen molar-refractivity contribution >= 4 is 17.5 Å². The first-order valence-corrected chi connectivity index (χ1v) is 7.86. The van der Waals surface area contributed by atoms with Crippen molar-refractivity contribution < 1.29 is 8.78 Å². The molecule has 0 amide bonds. The van der Waals surface area contributed by atoms with Gasteiger partial charge < -0.3 is 10.2 Å². The van der Waals surface area contributed by atoms with Crippen molar-refractivity contribution in [1.29, 1.82) is 0 Å². The number of para-hydroxylation sites is 1. The second-order valence-electron chi connectivity index (χ2n) is 5.40. The summed E-state index contributed by atoms with van der Waals surface area (Å²) in [6.45, 7) is 7.69. The molecule has 0 unspecified atom stereocenters. The number of anilines is 3. The van der Waals surface area contributed by atoms with Crippen LogP contribution in [0.1, 0.15) is 32.4 Å². The lowest BCUT2D eigenvalue weighted by atomic mass is 10.3. The van der Waals surface area contributed by atoms with E-state index < -0.39 is 11.6 Å². The summed E-state index contributed by atoms with van der Waals surface area (Å²) < 4.78 is 27.6. The Hall–Kier alpha value is -2.24. The van der Waals surface area contributed by atoms with Crippen LogP contribution >= 0.6 is 0 Å². The monoisotopic (exact) mass is 320 g/mol. The van der Waals surface area contributed by atoms with E-state index in [1.807, 2.05) is 6.92 Å². The summed E-state index contributed by atoms with van der Waals surface area (Å²) >= 11 is 0. The molecule has 1 heterocycles. The van der Waals surface area contributed by atoms with Crippen molar-refractivity contribution in [3.05, 3.63) is 41.6 Å². The van der Waals surface area contributed by atoms with Crippen molar-refractivity contribution in [2.45, 2.75) is 33.6 Å². The molecule has 1 aromatic carbocycles. The molecule has 1 aromatic heterocycles. The van der Waals surface area contributed by atoms with E-state index in [1.165, 1.54) is 18.2 Å². The van der Waals surface area contributed by atoms with E-state index in [2.05, 4.69) is 34.0 Å². The molecular weight excluding hydrogens is 298 g/mol. The third-order valence-corrected chi connectivity index (χ3v) is 3.33. The number of hydrogen-bond acceptors (Lipinski definition) is 4. The third kappa shape index (κ3) is 4.37. The molecule has 0 fully saturated rings. The molecule has 6 heteroatoms. The molecule has 0 aliphatic rings. The average molecular weight is 320 g/mol. The Kier molecular flexibility index (Phi) is 5.84. The van der Waals surface area contributed by atoms with Crippen LogP contribution in [0.25, 0.3) is 0 Å². The van der Waals surface area contributed by atoms with Gasteiger partial charge in [0.1, 0.15) is 23.1 Å². The van der Waals surface area contributed by atoms with Crippen LogP contribution in [0.15, 0.2) is 24.3 Å². The quantitative estimate of drug-likeness (QED) is 0.819. The molecule has 0 radical (unpaired) electrons. The predicted molar refractivity (Wildman–Crippen MR) is 89.2 cm³/mol. The van der Waals surface area contributed by atoms with E-state index in [9.17, 15) is 8.78 Å². The molecule has 2 rings (SSSR count). The maximum Gasteiger partial charge on any atom is 0.227 e. The van der Waals surface area contributed by atoms with E-state index in [0.29, 0.717) is 11.8 Å². The fourth-order valence-corrected chi connectivity index (χ4v) is 2.36. The third-order valence-electron chi connectivity index (χ3n) is 3.33. The number of aryl methyl sites for hydroxylation is 1. The average Bonchev–Trinajstić information content (AvgIpc) is 2.50. The molecule has 23 heavy (non-hydrogen) atoms. The van der Waals surface area contributed by atoms with Gasteiger partial charge >= 0.3 is 0 Å². The molecule has 0 saturated carbocycles. The van der Waals surface area contributed by atoms with Gasteiger partial charge in [0.25, 0.3) is 0 Å². The van der Waals surface area contributed by atoms with Gasteiger partial charge in [0.15, 0.2) is 0 Å². The first kappa shape index (κ1) is 17.1. The highest BCUT2D eigenvalue weighted by molar-refractivity contribution is 5.59. The molecule has 2 aromatic rings. The molecule has 124 valence electrons. The Morgan fingerprint density at radius 1 is 1.04 bits per heavy atom. The molecular formula is C17H22F2N4. The highest BCUT2D eigenvalue weighted by Gasteiger charge is 2.13. The second kappa shape index (κ2) is 7.85.